The van der Waals surface area contributed by atoms with Crippen LogP contribution < -0.4 is 5.73 Å². The normalized spacial score (nSPS) is 12.5. The lowest BCUT2D eigenvalue weighted by atomic mass is 10.1. The number of para-hydroxylation sites is 1. The summed E-state index contributed by atoms with van der Waals surface area (Å²) >= 11 is 0. The number of hydrogen-bond donors (Lipinski definition) is 2. The second-order valence-corrected chi connectivity index (χ2v) is 6.19. The molecule has 4 nitrogen and oxygen atoms in total. The summed E-state index contributed by atoms with van der Waals surface area (Å²) in [5.41, 5.74) is 8.83. The Labute approximate surface area is 145 Å². The third kappa shape index (κ3) is 2.66. The van der Waals surface area contributed by atoms with Crippen molar-refractivity contribution in [2.24, 2.45) is 5.73 Å². The van der Waals surface area contributed by atoms with Gasteiger partial charge in [0.25, 0.3) is 0 Å². The molecule has 0 radical (unpaired) electrons. The van der Waals surface area contributed by atoms with E-state index in [0.717, 1.165) is 27.5 Å². The van der Waals surface area contributed by atoms with Gasteiger partial charge >= 0.3 is 5.97 Å². The SMILES string of the molecule is N[C@@H](Cc1cn(-c2cccc3ccccc23)c2ccccc12)C(=O)O. The predicted molar refractivity (Wildman–Crippen MR) is 100 cm³/mol. The number of aromatic nitrogens is 1. The lowest BCUT2D eigenvalue weighted by Gasteiger charge is -2.09. The Morgan fingerprint density at radius 1 is 0.960 bits per heavy atom. The highest BCUT2D eigenvalue weighted by Gasteiger charge is 2.17. The highest BCUT2D eigenvalue weighted by atomic mass is 16.4. The molecular weight excluding hydrogens is 312 g/mol. The minimum atomic E-state index is -0.984. The van der Waals surface area contributed by atoms with Crippen LogP contribution in [0.4, 0.5) is 0 Å². The molecule has 0 aliphatic rings. The number of carboxylic acid groups (broad SMARTS) is 1. The maximum Gasteiger partial charge on any atom is 0.320 e. The van der Waals surface area contributed by atoms with Gasteiger partial charge in [0, 0.05) is 23.4 Å². The van der Waals surface area contributed by atoms with Gasteiger partial charge in [-0.1, -0.05) is 54.6 Å². The quantitative estimate of drug-likeness (QED) is 0.599. The number of hydrogen-bond acceptors (Lipinski definition) is 2. The molecule has 25 heavy (non-hydrogen) atoms. The molecule has 0 spiro atoms. The largest absolute Gasteiger partial charge is 0.480 e. The molecule has 0 saturated carbocycles. The maximum atomic E-state index is 11.2. The molecule has 0 unspecified atom stereocenters. The van der Waals surface area contributed by atoms with Gasteiger partial charge in [-0.05, 0) is 23.1 Å². The van der Waals surface area contributed by atoms with Crippen LogP contribution in [-0.2, 0) is 11.2 Å². The second-order valence-electron chi connectivity index (χ2n) is 6.19. The molecular formula is C21H18N2O2. The lowest BCUT2D eigenvalue weighted by molar-refractivity contribution is -0.138. The zero-order valence-corrected chi connectivity index (χ0v) is 13.6. The first-order valence-electron chi connectivity index (χ1n) is 8.20. The van der Waals surface area contributed by atoms with Crippen molar-refractivity contribution in [3.63, 3.8) is 0 Å². The van der Waals surface area contributed by atoms with Gasteiger partial charge in [-0.15, -0.1) is 0 Å². The van der Waals surface area contributed by atoms with Crippen LogP contribution in [0.15, 0.2) is 72.9 Å². The van der Waals surface area contributed by atoms with Crippen LogP contribution in [0.25, 0.3) is 27.4 Å². The summed E-state index contributed by atoms with van der Waals surface area (Å²) in [6, 6.07) is 21.6. The van der Waals surface area contributed by atoms with Crippen molar-refractivity contribution in [1.29, 1.82) is 0 Å². The molecule has 1 heterocycles. The van der Waals surface area contributed by atoms with Crippen LogP contribution in [0, 0.1) is 0 Å². The number of fused-ring (bicyclic) bond motifs is 2. The van der Waals surface area contributed by atoms with E-state index in [1.54, 1.807) is 0 Å². The zero-order chi connectivity index (χ0) is 17.4. The summed E-state index contributed by atoms with van der Waals surface area (Å²) in [6.45, 7) is 0. The van der Waals surface area contributed by atoms with E-state index in [1.807, 2.05) is 48.7 Å². The molecule has 124 valence electrons. The number of rotatable bonds is 4. The van der Waals surface area contributed by atoms with E-state index in [2.05, 4.69) is 28.8 Å². The Morgan fingerprint density at radius 2 is 1.64 bits per heavy atom. The summed E-state index contributed by atoms with van der Waals surface area (Å²) in [5.74, 6) is -0.984. The smallest absolute Gasteiger partial charge is 0.320 e. The van der Waals surface area contributed by atoms with Crippen LogP contribution in [0.5, 0.6) is 0 Å². The second kappa shape index (κ2) is 6.07. The van der Waals surface area contributed by atoms with Crippen molar-refractivity contribution in [2.45, 2.75) is 12.5 Å². The summed E-state index contributed by atoms with van der Waals surface area (Å²) < 4.78 is 2.13. The number of nitrogens with zero attached hydrogens (tertiary/aromatic N) is 1. The number of carboxylic acids is 1. The minimum Gasteiger partial charge on any atom is -0.480 e. The fourth-order valence-corrected chi connectivity index (χ4v) is 3.35. The van der Waals surface area contributed by atoms with Crippen molar-refractivity contribution < 1.29 is 9.90 Å². The topological polar surface area (TPSA) is 68.2 Å². The number of aliphatic carboxylic acids is 1. The number of nitrogens with two attached hydrogens (primary N) is 1. The lowest BCUT2D eigenvalue weighted by Crippen LogP contribution is -2.32. The van der Waals surface area contributed by atoms with Gasteiger partial charge in [0.15, 0.2) is 0 Å². The van der Waals surface area contributed by atoms with Crippen molar-refractivity contribution >= 4 is 27.6 Å². The Balaban J connectivity index is 1.94. The van der Waals surface area contributed by atoms with E-state index in [-0.39, 0.29) is 0 Å². The molecule has 3 aromatic carbocycles. The van der Waals surface area contributed by atoms with Gasteiger partial charge in [-0.25, -0.2) is 0 Å². The van der Waals surface area contributed by atoms with Gasteiger partial charge in [0.1, 0.15) is 6.04 Å². The van der Waals surface area contributed by atoms with E-state index < -0.39 is 12.0 Å². The molecule has 4 heteroatoms. The molecule has 0 fully saturated rings. The molecule has 0 saturated heterocycles. The van der Waals surface area contributed by atoms with E-state index in [9.17, 15) is 4.79 Å². The molecule has 0 aliphatic heterocycles. The molecule has 4 aromatic rings. The van der Waals surface area contributed by atoms with Crippen LogP contribution in [0.2, 0.25) is 0 Å². The van der Waals surface area contributed by atoms with E-state index in [4.69, 9.17) is 10.8 Å². The third-order valence-electron chi connectivity index (χ3n) is 4.58. The van der Waals surface area contributed by atoms with Gasteiger partial charge in [-0.3, -0.25) is 4.79 Å². The van der Waals surface area contributed by atoms with Crippen molar-refractivity contribution in [3.8, 4) is 5.69 Å². The minimum absolute atomic E-state index is 0.299. The van der Waals surface area contributed by atoms with Crippen LogP contribution in [0.3, 0.4) is 0 Å². The maximum absolute atomic E-state index is 11.2. The Bertz CT molecular complexity index is 1080. The fraction of sp³-hybridized carbons (Fsp3) is 0.0952. The molecule has 3 N–H and O–H groups in total. The van der Waals surface area contributed by atoms with E-state index in [1.165, 1.54) is 5.39 Å². The van der Waals surface area contributed by atoms with Gasteiger partial charge in [-0.2, -0.15) is 0 Å². The third-order valence-corrected chi connectivity index (χ3v) is 4.58. The van der Waals surface area contributed by atoms with Gasteiger partial charge in [0.05, 0.1) is 11.2 Å². The standard InChI is InChI=1S/C21H18N2O2/c22-18(21(24)25)12-15-13-23(19-10-4-3-9-17(15)19)20-11-5-7-14-6-1-2-8-16(14)20/h1-11,13,18H,12,22H2,(H,24,25)/t18-/m0/s1. The van der Waals surface area contributed by atoms with Crippen LogP contribution in [0.1, 0.15) is 5.56 Å². The molecule has 0 amide bonds. The fourth-order valence-electron chi connectivity index (χ4n) is 3.35. The first-order chi connectivity index (χ1) is 12.1. The first-order valence-corrected chi connectivity index (χ1v) is 8.20. The van der Waals surface area contributed by atoms with Gasteiger partial charge < -0.3 is 15.4 Å². The predicted octanol–water partition coefficient (Wildman–Crippen LogP) is 3.74. The molecule has 1 atom stereocenters. The monoisotopic (exact) mass is 330 g/mol. The number of carbonyl (C=O) groups is 1. The Kier molecular flexibility index (Phi) is 3.75. The highest BCUT2D eigenvalue weighted by molar-refractivity contribution is 5.94. The van der Waals surface area contributed by atoms with E-state index in [0.29, 0.717) is 6.42 Å². The summed E-state index contributed by atoms with van der Waals surface area (Å²) in [5, 5.41) is 12.5. The van der Waals surface area contributed by atoms with Crippen molar-refractivity contribution in [3.05, 3.63) is 78.5 Å². The van der Waals surface area contributed by atoms with E-state index >= 15 is 0 Å². The zero-order valence-electron chi connectivity index (χ0n) is 13.6. The molecule has 0 aliphatic carbocycles. The van der Waals surface area contributed by atoms with Gasteiger partial charge in [0.2, 0.25) is 0 Å². The average Bonchev–Trinajstić information content (AvgIpc) is 3.00. The summed E-state index contributed by atoms with van der Waals surface area (Å²) in [6.07, 6.45) is 2.31. The first kappa shape index (κ1) is 15.4. The summed E-state index contributed by atoms with van der Waals surface area (Å²) in [4.78, 5) is 11.2. The Morgan fingerprint density at radius 3 is 2.44 bits per heavy atom. The summed E-state index contributed by atoms with van der Waals surface area (Å²) in [7, 11) is 0. The molecule has 4 rings (SSSR count). The molecule has 0 bridgehead atoms. The van der Waals surface area contributed by atoms with Crippen molar-refractivity contribution in [2.75, 3.05) is 0 Å². The Hall–Kier alpha value is -3.11. The molecule has 1 aromatic heterocycles. The highest BCUT2D eigenvalue weighted by Crippen LogP contribution is 2.29. The number of benzene rings is 3. The average molecular weight is 330 g/mol. The van der Waals surface area contributed by atoms with Crippen LogP contribution >= 0.6 is 0 Å². The van der Waals surface area contributed by atoms with Crippen molar-refractivity contribution in [1.82, 2.24) is 4.57 Å². The van der Waals surface area contributed by atoms with Crippen LogP contribution in [-0.4, -0.2) is 21.7 Å².